The van der Waals surface area contributed by atoms with Crippen LogP contribution in [0.4, 0.5) is 0 Å². The van der Waals surface area contributed by atoms with Gasteiger partial charge in [0.2, 0.25) is 0 Å². The fraction of sp³-hybridized carbons (Fsp3) is 0.667. The smallest absolute Gasteiger partial charge is 0.339 e. The zero-order chi connectivity index (χ0) is 20.6. The molecular formula is C24H38O4. The number of carbonyl (C=O) groups excluding carboxylic acids is 1. The summed E-state index contributed by atoms with van der Waals surface area (Å²) in [5.41, 5.74) is 0.147. The van der Waals surface area contributed by atoms with Crippen molar-refractivity contribution in [3.05, 3.63) is 35.4 Å². The maximum absolute atomic E-state index is 12.5. The van der Waals surface area contributed by atoms with E-state index in [1.165, 1.54) is 63.5 Å². The van der Waals surface area contributed by atoms with Crippen LogP contribution in [-0.4, -0.2) is 23.1 Å². The normalized spacial score (nSPS) is 11.9. The number of aromatic carboxylic acids is 1. The molecule has 0 aliphatic heterocycles. The van der Waals surface area contributed by atoms with E-state index in [-0.39, 0.29) is 17.2 Å². The van der Waals surface area contributed by atoms with Crippen molar-refractivity contribution < 1.29 is 19.4 Å². The van der Waals surface area contributed by atoms with Gasteiger partial charge in [0.05, 0.1) is 11.1 Å². The number of esters is 1. The van der Waals surface area contributed by atoms with Gasteiger partial charge in [0.1, 0.15) is 6.10 Å². The Labute approximate surface area is 170 Å². The molecule has 0 saturated heterocycles. The Balaban J connectivity index is 2.42. The molecule has 1 aromatic rings. The monoisotopic (exact) mass is 390 g/mol. The summed E-state index contributed by atoms with van der Waals surface area (Å²) in [6.07, 6.45) is 15.0. The Morgan fingerprint density at radius 3 is 1.86 bits per heavy atom. The maximum atomic E-state index is 12.5. The Bertz CT molecular complexity index is 567. The van der Waals surface area contributed by atoms with E-state index in [1.807, 2.05) is 0 Å². The second-order valence-electron chi connectivity index (χ2n) is 7.64. The Hall–Kier alpha value is -1.84. The summed E-state index contributed by atoms with van der Waals surface area (Å²) in [6.45, 7) is 4.36. The minimum Gasteiger partial charge on any atom is -0.478 e. The number of rotatable bonds is 16. The van der Waals surface area contributed by atoms with Gasteiger partial charge in [-0.15, -0.1) is 0 Å². The van der Waals surface area contributed by atoms with Gasteiger partial charge in [0.25, 0.3) is 0 Å². The van der Waals surface area contributed by atoms with E-state index in [1.54, 1.807) is 12.1 Å². The van der Waals surface area contributed by atoms with Gasteiger partial charge in [0.15, 0.2) is 0 Å². The summed E-state index contributed by atoms with van der Waals surface area (Å²) in [6, 6.07) is 6.27. The molecule has 0 amide bonds. The lowest BCUT2D eigenvalue weighted by Crippen LogP contribution is -2.20. The van der Waals surface area contributed by atoms with E-state index in [4.69, 9.17) is 4.74 Å². The van der Waals surface area contributed by atoms with Crippen LogP contribution in [0.3, 0.4) is 0 Å². The fourth-order valence-electron chi connectivity index (χ4n) is 3.44. The molecule has 0 heterocycles. The van der Waals surface area contributed by atoms with Gasteiger partial charge in [-0.1, -0.05) is 90.2 Å². The zero-order valence-electron chi connectivity index (χ0n) is 17.8. The van der Waals surface area contributed by atoms with Crippen molar-refractivity contribution in [2.45, 2.75) is 103 Å². The number of hydrogen-bond donors (Lipinski definition) is 1. The van der Waals surface area contributed by atoms with E-state index >= 15 is 0 Å². The average Bonchev–Trinajstić information content (AvgIpc) is 2.70. The van der Waals surface area contributed by atoms with E-state index in [2.05, 4.69) is 13.8 Å². The average molecular weight is 391 g/mol. The third kappa shape index (κ3) is 9.91. The molecule has 0 aliphatic rings. The standard InChI is InChI=1S/C24H38O4/c1-3-5-7-8-9-10-11-12-13-17-20(16-6-4-2)28-24(27)22-19-15-14-18-21(22)23(25)26/h14-15,18-20H,3-13,16-17H2,1-2H3,(H,25,26). The van der Waals surface area contributed by atoms with Crippen LogP contribution in [0.1, 0.15) is 118 Å². The minimum absolute atomic E-state index is 0.00446. The molecule has 1 N–H and O–H groups in total. The first-order chi connectivity index (χ1) is 13.6. The van der Waals surface area contributed by atoms with E-state index in [0.29, 0.717) is 0 Å². The summed E-state index contributed by atoms with van der Waals surface area (Å²) in [7, 11) is 0. The first kappa shape index (κ1) is 24.2. The third-order valence-corrected chi connectivity index (χ3v) is 5.16. The van der Waals surface area contributed by atoms with Gasteiger partial charge in [0, 0.05) is 0 Å². The van der Waals surface area contributed by atoms with Gasteiger partial charge in [-0.2, -0.15) is 0 Å². The van der Waals surface area contributed by atoms with Gasteiger partial charge < -0.3 is 9.84 Å². The predicted octanol–water partition coefficient (Wildman–Crippen LogP) is 7.02. The van der Waals surface area contributed by atoms with E-state index in [9.17, 15) is 14.7 Å². The highest BCUT2D eigenvalue weighted by Gasteiger charge is 2.20. The Morgan fingerprint density at radius 2 is 1.29 bits per heavy atom. The molecule has 4 nitrogen and oxygen atoms in total. The lowest BCUT2D eigenvalue weighted by molar-refractivity contribution is 0.0245. The number of unbranched alkanes of at least 4 members (excludes halogenated alkanes) is 9. The predicted molar refractivity (Wildman–Crippen MR) is 114 cm³/mol. The van der Waals surface area contributed by atoms with E-state index < -0.39 is 11.9 Å². The number of carboxylic acid groups (broad SMARTS) is 1. The molecule has 0 fully saturated rings. The first-order valence-corrected chi connectivity index (χ1v) is 11.1. The summed E-state index contributed by atoms with van der Waals surface area (Å²) >= 11 is 0. The molecule has 1 rings (SSSR count). The van der Waals surface area contributed by atoms with Crippen molar-refractivity contribution in [2.75, 3.05) is 0 Å². The van der Waals surface area contributed by atoms with Crippen molar-refractivity contribution in [1.29, 1.82) is 0 Å². The molecular weight excluding hydrogens is 352 g/mol. The third-order valence-electron chi connectivity index (χ3n) is 5.16. The summed E-state index contributed by atoms with van der Waals surface area (Å²) < 4.78 is 5.70. The van der Waals surface area contributed by atoms with E-state index in [0.717, 1.165) is 32.1 Å². The maximum Gasteiger partial charge on any atom is 0.339 e. The first-order valence-electron chi connectivity index (χ1n) is 11.1. The molecule has 0 radical (unpaired) electrons. The molecule has 1 unspecified atom stereocenters. The molecule has 0 spiro atoms. The topological polar surface area (TPSA) is 63.6 Å². The molecule has 4 heteroatoms. The summed E-state index contributed by atoms with van der Waals surface area (Å²) in [5, 5.41) is 9.27. The van der Waals surface area contributed by atoms with Gasteiger partial charge in [-0.3, -0.25) is 0 Å². The second kappa shape index (κ2) is 15.1. The summed E-state index contributed by atoms with van der Waals surface area (Å²) in [5.74, 6) is -1.62. The number of ether oxygens (including phenoxy) is 1. The van der Waals surface area contributed by atoms with Crippen LogP contribution in [0.15, 0.2) is 24.3 Å². The van der Waals surface area contributed by atoms with Crippen molar-refractivity contribution in [3.63, 3.8) is 0 Å². The number of hydrogen-bond acceptors (Lipinski definition) is 3. The van der Waals surface area contributed by atoms with Gasteiger partial charge >= 0.3 is 11.9 Å². The molecule has 28 heavy (non-hydrogen) atoms. The number of carbonyl (C=O) groups is 2. The zero-order valence-corrected chi connectivity index (χ0v) is 17.8. The highest BCUT2D eigenvalue weighted by molar-refractivity contribution is 6.02. The van der Waals surface area contributed by atoms with Crippen LogP contribution in [0, 0.1) is 0 Å². The Morgan fingerprint density at radius 1 is 0.786 bits per heavy atom. The van der Waals surface area contributed by atoms with Crippen molar-refractivity contribution >= 4 is 11.9 Å². The fourth-order valence-corrected chi connectivity index (χ4v) is 3.44. The van der Waals surface area contributed by atoms with Crippen LogP contribution in [0.25, 0.3) is 0 Å². The highest BCUT2D eigenvalue weighted by Crippen LogP contribution is 2.19. The van der Waals surface area contributed by atoms with Gasteiger partial charge in [-0.05, 0) is 31.4 Å². The van der Waals surface area contributed by atoms with Crippen molar-refractivity contribution in [1.82, 2.24) is 0 Å². The quantitative estimate of drug-likeness (QED) is 0.243. The van der Waals surface area contributed by atoms with Crippen molar-refractivity contribution in [2.24, 2.45) is 0 Å². The minimum atomic E-state index is -1.10. The highest BCUT2D eigenvalue weighted by atomic mass is 16.5. The SMILES string of the molecule is CCCCCCCCCCCC(CCCC)OC(=O)c1ccccc1C(=O)O. The lowest BCUT2D eigenvalue weighted by Gasteiger charge is -2.18. The molecule has 1 aromatic carbocycles. The summed E-state index contributed by atoms with van der Waals surface area (Å²) in [4.78, 5) is 23.8. The molecule has 0 aromatic heterocycles. The molecule has 0 bridgehead atoms. The second-order valence-corrected chi connectivity index (χ2v) is 7.64. The van der Waals surface area contributed by atoms with Gasteiger partial charge in [-0.25, -0.2) is 9.59 Å². The van der Waals surface area contributed by atoms with Crippen LogP contribution in [-0.2, 0) is 4.74 Å². The van der Waals surface area contributed by atoms with Crippen LogP contribution >= 0.6 is 0 Å². The van der Waals surface area contributed by atoms with Crippen LogP contribution in [0.5, 0.6) is 0 Å². The lowest BCUT2D eigenvalue weighted by atomic mass is 10.0. The molecule has 158 valence electrons. The molecule has 0 aliphatic carbocycles. The molecule has 0 saturated carbocycles. The van der Waals surface area contributed by atoms with Crippen LogP contribution < -0.4 is 0 Å². The largest absolute Gasteiger partial charge is 0.478 e. The number of carboxylic acids is 1. The van der Waals surface area contributed by atoms with Crippen LogP contribution in [0.2, 0.25) is 0 Å². The molecule has 1 atom stereocenters. The number of benzene rings is 1. The Kier molecular flexibility index (Phi) is 13.1. The van der Waals surface area contributed by atoms with Crippen molar-refractivity contribution in [3.8, 4) is 0 Å².